The molecule has 0 aromatic carbocycles. The molecule has 4 aliphatic rings. The summed E-state index contributed by atoms with van der Waals surface area (Å²) in [5.74, 6) is 4.73. The van der Waals surface area contributed by atoms with Crippen molar-refractivity contribution < 1.29 is 5.11 Å². The van der Waals surface area contributed by atoms with Crippen LogP contribution >= 0.6 is 0 Å². The molecular weight excluding hydrogens is 352 g/mol. The molecule has 9 atom stereocenters. The van der Waals surface area contributed by atoms with Crippen LogP contribution in [0.1, 0.15) is 98.8 Å². The summed E-state index contributed by atoms with van der Waals surface area (Å²) < 4.78 is 0. The van der Waals surface area contributed by atoms with Gasteiger partial charge in [-0.15, -0.1) is 0 Å². The van der Waals surface area contributed by atoms with Gasteiger partial charge in [-0.3, -0.25) is 0 Å². The second-order valence-electron chi connectivity index (χ2n) is 12.2. The Labute approximate surface area is 180 Å². The van der Waals surface area contributed by atoms with Gasteiger partial charge in [0.25, 0.3) is 0 Å². The summed E-state index contributed by atoms with van der Waals surface area (Å²) in [5, 5.41) is 10.2. The van der Waals surface area contributed by atoms with E-state index in [-0.39, 0.29) is 6.10 Å². The molecule has 0 bridgehead atoms. The lowest BCUT2D eigenvalue weighted by atomic mass is 9.47. The topological polar surface area (TPSA) is 20.2 Å². The zero-order valence-corrected chi connectivity index (χ0v) is 19.8. The third-order valence-electron chi connectivity index (χ3n) is 10.7. The molecule has 0 saturated heterocycles. The first-order valence-corrected chi connectivity index (χ1v) is 12.7. The lowest BCUT2D eigenvalue weighted by Crippen LogP contribution is -2.49. The maximum absolute atomic E-state index is 10.2. The molecule has 164 valence electrons. The second-order valence-corrected chi connectivity index (χ2v) is 12.2. The van der Waals surface area contributed by atoms with E-state index in [1.165, 1.54) is 56.9 Å². The van der Waals surface area contributed by atoms with Crippen molar-refractivity contribution >= 4 is 0 Å². The molecule has 3 saturated carbocycles. The zero-order valence-electron chi connectivity index (χ0n) is 19.8. The first-order valence-electron chi connectivity index (χ1n) is 12.7. The molecule has 0 heterocycles. The van der Waals surface area contributed by atoms with Crippen molar-refractivity contribution in [2.24, 2.45) is 46.3 Å². The minimum absolute atomic E-state index is 0.0461. The molecule has 4 aliphatic carbocycles. The van der Waals surface area contributed by atoms with Crippen LogP contribution in [0.25, 0.3) is 0 Å². The minimum atomic E-state index is -0.0461. The SMILES string of the molecule is C=C(C)[C@@H](C)CC[C@@H](C)C1CC[C@H]2C3=CC[C@H]4C[C@@H](O)CC[C@]4(C)[C@H]3CC[C@]12C. The first kappa shape index (κ1) is 21.7. The molecule has 1 heteroatoms. The van der Waals surface area contributed by atoms with Gasteiger partial charge in [0.05, 0.1) is 6.10 Å². The first-order chi connectivity index (χ1) is 13.7. The molecule has 1 N–H and O–H groups in total. The van der Waals surface area contributed by atoms with Crippen LogP contribution in [0.15, 0.2) is 23.8 Å². The standard InChI is InChI=1S/C28H46O/c1-18(2)19(3)7-8-20(4)24-11-12-25-23-10-9-21-17-22(29)13-15-27(21,5)26(23)14-16-28(24,25)6/h10,19-22,24-26,29H,1,7-9,11-17H2,2-6H3/t19-,20+,21-,22-,24?,25-,26-,27-,28+/m0/s1. The molecule has 29 heavy (non-hydrogen) atoms. The van der Waals surface area contributed by atoms with Gasteiger partial charge in [-0.1, -0.05) is 51.5 Å². The Kier molecular flexibility index (Phi) is 5.86. The van der Waals surface area contributed by atoms with Gasteiger partial charge in [0, 0.05) is 0 Å². The van der Waals surface area contributed by atoms with Crippen molar-refractivity contribution in [3.8, 4) is 0 Å². The molecule has 1 unspecified atom stereocenters. The van der Waals surface area contributed by atoms with Gasteiger partial charge in [0.1, 0.15) is 0 Å². The normalized spacial score (nSPS) is 46.1. The minimum Gasteiger partial charge on any atom is -0.393 e. The highest BCUT2D eigenvalue weighted by Crippen LogP contribution is 2.66. The van der Waals surface area contributed by atoms with E-state index in [2.05, 4.69) is 47.3 Å². The van der Waals surface area contributed by atoms with Gasteiger partial charge in [0.2, 0.25) is 0 Å². The summed E-state index contributed by atoms with van der Waals surface area (Å²) in [6.45, 7) is 16.5. The molecule has 0 radical (unpaired) electrons. The van der Waals surface area contributed by atoms with Crippen molar-refractivity contribution in [1.29, 1.82) is 0 Å². The molecular formula is C28H46O. The van der Waals surface area contributed by atoms with Crippen LogP contribution in [0.5, 0.6) is 0 Å². The van der Waals surface area contributed by atoms with Gasteiger partial charge < -0.3 is 5.11 Å². The Morgan fingerprint density at radius 3 is 2.48 bits per heavy atom. The van der Waals surface area contributed by atoms with E-state index in [1.54, 1.807) is 0 Å². The smallest absolute Gasteiger partial charge is 0.0543 e. The molecule has 0 amide bonds. The average molecular weight is 399 g/mol. The number of allylic oxidation sites excluding steroid dienone is 3. The number of hydrogen-bond acceptors (Lipinski definition) is 1. The average Bonchev–Trinajstić information content (AvgIpc) is 3.03. The van der Waals surface area contributed by atoms with Crippen LogP contribution in [0.4, 0.5) is 0 Å². The van der Waals surface area contributed by atoms with Crippen LogP contribution < -0.4 is 0 Å². The zero-order chi connectivity index (χ0) is 21.0. The predicted octanol–water partition coefficient (Wildman–Crippen LogP) is 7.55. The van der Waals surface area contributed by atoms with Crippen molar-refractivity contribution in [2.75, 3.05) is 0 Å². The molecule has 0 aliphatic heterocycles. The Bertz CT molecular complexity index is 661. The molecule has 4 rings (SSSR count). The highest BCUT2D eigenvalue weighted by molar-refractivity contribution is 5.27. The highest BCUT2D eigenvalue weighted by atomic mass is 16.3. The lowest BCUT2D eigenvalue weighted by molar-refractivity contribution is -0.0428. The lowest BCUT2D eigenvalue weighted by Gasteiger charge is -2.57. The highest BCUT2D eigenvalue weighted by Gasteiger charge is 2.58. The largest absolute Gasteiger partial charge is 0.393 e. The van der Waals surface area contributed by atoms with Crippen LogP contribution in [0.3, 0.4) is 0 Å². The molecule has 0 aromatic rings. The van der Waals surface area contributed by atoms with E-state index in [0.29, 0.717) is 22.7 Å². The molecule has 0 spiro atoms. The van der Waals surface area contributed by atoms with Gasteiger partial charge >= 0.3 is 0 Å². The summed E-state index contributed by atoms with van der Waals surface area (Å²) in [4.78, 5) is 0. The summed E-state index contributed by atoms with van der Waals surface area (Å²) in [7, 11) is 0. The van der Waals surface area contributed by atoms with Crippen molar-refractivity contribution in [3.63, 3.8) is 0 Å². The molecule has 0 aromatic heterocycles. The maximum Gasteiger partial charge on any atom is 0.0543 e. The summed E-state index contributed by atoms with van der Waals surface area (Å²) in [5.41, 5.74) is 4.18. The van der Waals surface area contributed by atoms with Crippen molar-refractivity contribution in [2.45, 2.75) is 105 Å². The van der Waals surface area contributed by atoms with Crippen LogP contribution in [-0.2, 0) is 0 Å². The fourth-order valence-electron chi connectivity index (χ4n) is 8.43. The maximum atomic E-state index is 10.2. The third-order valence-corrected chi connectivity index (χ3v) is 10.7. The van der Waals surface area contributed by atoms with Crippen LogP contribution in [-0.4, -0.2) is 11.2 Å². The van der Waals surface area contributed by atoms with E-state index in [9.17, 15) is 5.11 Å². The quantitative estimate of drug-likeness (QED) is 0.474. The predicted molar refractivity (Wildman–Crippen MR) is 124 cm³/mol. The Morgan fingerprint density at radius 2 is 1.76 bits per heavy atom. The van der Waals surface area contributed by atoms with E-state index in [4.69, 9.17) is 0 Å². The van der Waals surface area contributed by atoms with E-state index >= 15 is 0 Å². The number of aliphatic hydroxyl groups is 1. The van der Waals surface area contributed by atoms with Crippen molar-refractivity contribution in [1.82, 2.24) is 0 Å². The van der Waals surface area contributed by atoms with E-state index in [1.807, 2.05) is 5.57 Å². The number of rotatable bonds is 5. The Morgan fingerprint density at radius 1 is 1.07 bits per heavy atom. The van der Waals surface area contributed by atoms with Crippen molar-refractivity contribution in [3.05, 3.63) is 23.8 Å². The number of hydrogen-bond donors (Lipinski definition) is 1. The van der Waals surface area contributed by atoms with Gasteiger partial charge in [-0.25, -0.2) is 0 Å². The van der Waals surface area contributed by atoms with Crippen LogP contribution in [0, 0.1) is 46.3 Å². The van der Waals surface area contributed by atoms with Gasteiger partial charge in [0.15, 0.2) is 0 Å². The fraction of sp³-hybridized carbons (Fsp3) is 0.857. The molecule has 3 fully saturated rings. The Balaban J connectivity index is 1.50. The fourth-order valence-corrected chi connectivity index (χ4v) is 8.43. The third kappa shape index (κ3) is 3.58. The Hall–Kier alpha value is -0.560. The van der Waals surface area contributed by atoms with E-state index < -0.39 is 0 Å². The number of fused-ring (bicyclic) bond motifs is 5. The second kappa shape index (κ2) is 7.85. The molecule has 1 nitrogen and oxygen atoms in total. The van der Waals surface area contributed by atoms with Crippen LogP contribution in [0.2, 0.25) is 0 Å². The summed E-state index contributed by atoms with van der Waals surface area (Å²) in [6.07, 6.45) is 15.5. The summed E-state index contributed by atoms with van der Waals surface area (Å²) in [6, 6.07) is 0. The number of aliphatic hydroxyl groups excluding tert-OH is 1. The van der Waals surface area contributed by atoms with Gasteiger partial charge in [-0.2, -0.15) is 0 Å². The van der Waals surface area contributed by atoms with Gasteiger partial charge in [-0.05, 0) is 117 Å². The van der Waals surface area contributed by atoms with E-state index in [0.717, 1.165) is 36.5 Å². The monoisotopic (exact) mass is 398 g/mol. The summed E-state index contributed by atoms with van der Waals surface area (Å²) >= 11 is 0.